The lowest BCUT2D eigenvalue weighted by Crippen LogP contribution is -2.37. The molecule has 0 aliphatic carbocycles. The van der Waals surface area contributed by atoms with Crippen LogP contribution in [0.15, 0.2) is 54.9 Å². The van der Waals surface area contributed by atoms with Crippen LogP contribution in [-0.2, 0) is 16.0 Å². The van der Waals surface area contributed by atoms with Gasteiger partial charge in [-0.05, 0) is 35.7 Å². The number of benzene rings is 2. The SMILES string of the molecule is C[C@H](O)C(=O)Cc1cccc(-c2ccc3c(N4CCOCC4)nc(-c4cnc(N)nc4)nc3c2)c1.S. The van der Waals surface area contributed by atoms with Crippen LogP contribution in [0, 0.1) is 0 Å². The first-order chi connectivity index (χ1) is 17.0. The highest BCUT2D eigenvalue weighted by molar-refractivity contribution is 7.59. The minimum Gasteiger partial charge on any atom is -0.386 e. The zero-order valence-electron chi connectivity index (χ0n) is 19.9. The molecule has 1 aliphatic heterocycles. The molecule has 36 heavy (non-hydrogen) atoms. The van der Waals surface area contributed by atoms with Crippen molar-refractivity contribution < 1.29 is 14.6 Å². The highest BCUT2D eigenvalue weighted by Gasteiger charge is 2.19. The number of rotatable bonds is 6. The van der Waals surface area contributed by atoms with Crippen LogP contribution in [0.25, 0.3) is 33.4 Å². The molecule has 0 saturated carbocycles. The van der Waals surface area contributed by atoms with Gasteiger partial charge in [0, 0.05) is 37.3 Å². The molecule has 0 unspecified atom stereocenters. The molecular weight excluding hydrogens is 476 g/mol. The van der Waals surface area contributed by atoms with Crippen LogP contribution in [-0.4, -0.2) is 63.2 Å². The average molecular weight is 505 g/mol. The van der Waals surface area contributed by atoms with E-state index < -0.39 is 6.10 Å². The Balaban J connectivity index is 0.00000304. The van der Waals surface area contributed by atoms with E-state index in [1.807, 2.05) is 42.5 Å². The number of nitrogen functional groups attached to an aromatic ring is 1. The number of ketones is 1. The minimum absolute atomic E-state index is 0. The van der Waals surface area contributed by atoms with Crippen LogP contribution >= 0.6 is 13.5 Å². The van der Waals surface area contributed by atoms with Crippen molar-refractivity contribution in [1.29, 1.82) is 0 Å². The lowest BCUT2D eigenvalue weighted by molar-refractivity contribution is -0.125. The fourth-order valence-corrected chi connectivity index (χ4v) is 4.10. The molecule has 2 aromatic carbocycles. The highest BCUT2D eigenvalue weighted by atomic mass is 32.1. The van der Waals surface area contributed by atoms with Gasteiger partial charge in [-0.25, -0.2) is 19.9 Å². The number of nitrogens with zero attached hydrogens (tertiary/aromatic N) is 5. The molecule has 1 aliphatic rings. The fourth-order valence-electron chi connectivity index (χ4n) is 4.10. The number of Topliss-reactive ketones (excluding diaryl/α,β-unsaturated/α-hetero) is 1. The second-order valence-electron chi connectivity index (χ2n) is 8.55. The van der Waals surface area contributed by atoms with Gasteiger partial charge in [0.15, 0.2) is 11.6 Å². The highest BCUT2D eigenvalue weighted by Crippen LogP contribution is 2.31. The summed E-state index contributed by atoms with van der Waals surface area (Å²) in [5.41, 5.74) is 9.92. The van der Waals surface area contributed by atoms with Gasteiger partial charge in [0.2, 0.25) is 5.95 Å². The smallest absolute Gasteiger partial charge is 0.219 e. The monoisotopic (exact) mass is 504 g/mol. The molecule has 0 amide bonds. The summed E-state index contributed by atoms with van der Waals surface area (Å²) >= 11 is 0. The Bertz CT molecular complexity index is 1370. The summed E-state index contributed by atoms with van der Waals surface area (Å²) in [7, 11) is 0. The fraction of sp³-hybridized carbons (Fsp3) is 0.269. The largest absolute Gasteiger partial charge is 0.386 e. The summed E-state index contributed by atoms with van der Waals surface area (Å²) < 4.78 is 5.53. The standard InChI is InChI=1S/C26H26N6O3.H2S/c1-16(33)23(34)12-17-3-2-4-18(11-17)19-5-6-21-22(13-19)30-24(20-14-28-26(27)29-15-20)31-25(21)32-7-9-35-10-8-32;/h2-6,11,13-16,33H,7-10,12H2,1H3,(H2,27,28,29);1H2/t16-;/m0./s1. The topological polar surface area (TPSA) is 127 Å². The number of carbonyl (C=O) groups is 1. The summed E-state index contributed by atoms with van der Waals surface area (Å²) in [5.74, 6) is 1.35. The Morgan fingerprint density at radius 3 is 2.50 bits per heavy atom. The number of ether oxygens (including phenoxy) is 1. The molecule has 2 aromatic heterocycles. The van der Waals surface area contributed by atoms with E-state index in [2.05, 4.69) is 14.9 Å². The van der Waals surface area contributed by atoms with E-state index in [0.29, 0.717) is 24.6 Å². The summed E-state index contributed by atoms with van der Waals surface area (Å²) in [4.78, 5) is 32.1. The maximum atomic E-state index is 12.0. The van der Waals surface area contributed by atoms with E-state index in [1.165, 1.54) is 6.92 Å². The number of carbonyl (C=O) groups excluding carboxylic acids is 1. The molecular formula is C26H28N6O3S. The van der Waals surface area contributed by atoms with Crippen molar-refractivity contribution in [1.82, 2.24) is 19.9 Å². The Kier molecular flexibility index (Phi) is 7.78. The van der Waals surface area contributed by atoms with E-state index in [9.17, 15) is 9.90 Å². The van der Waals surface area contributed by atoms with Gasteiger partial charge < -0.3 is 20.5 Å². The van der Waals surface area contributed by atoms with Crippen molar-refractivity contribution in [2.75, 3.05) is 36.9 Å². The summed E-state index contributed by atoms with van der Waals surface area (Å²) in [6.07, 6.45) is 2.45. The molecule has 4 aromatic rings. The molecule has 3 heterocycles. The van der Waals surface area contributed by atoms with Crippen molar-refractivity contribution in [3.05, 3.63) is 60.4 Å². The molecule has 1 saturated heterocycles. The zero-order valence-corrected chi connectivity index (χ0v) is 20.9. The third-order valence-corrected chi connectivity index (χ3v) is 6.02. The van der Waals surface area contributed by atoms with E-state index in [1.54, 1.807) is 12.4 Å². The van der Waals surface area contributed by atoms with Gasteiger partial charge in [0.25, 0.3) is 0 Å². The van der Waals surface area contributed by atoms with Crippen LogP contribution in [0.3, 0.4) is 0 Å². The van der Waals surface area contributed by atoms with Crippen LogP contribution in [0.2, 0.25) is 0 Å². The van der Waals surface area contributed by atoms with Crippen molar-refractivity contribution in [2.45, 2.75) is 19.4 Å². The Labute approximate surface area is 215 Å². The number of morpholine rings is 1. The summed E-state index contributed by atoms with van der Waals surface area (Å²) in [5, 5.41) is 10.5. The van der Waals surface area contributed by atoms with E-state index in [0.717, 1.165) is 46.5 Å². The first kappa shape index (κ1) is 25.5. The normalized spacial score (nSPS) is 14.3. The summed E-state index contributed by atoms with van der Waals surface area (Å²) in [6.45, 7) is 4.25. The number of fused-ring (bicyclic) bond motifs is 1. The van der Waals surface area contributed by atoms with Gasteiger partial charge in [-0.15, -0.1) is 0 Å². The molecule has 1 atom stereocenters. The van der Waals surface area contributed by atoms with Crippen molar-refractivity contribution in [3.63, 3.8) is 0 Å². The lowest BCUT2D eigenvalue weighted by atomic mass is 9.98. The van der Waals surface area contributed by atoms with Gasteiger partial charge in [0.1, 0.15) is 11.9 Å². The molecule has 9 nitrogen and oxygen atoms in total. The number of anilines is 2. The molecule has 3 N–H and O–H groups in total. The molecule has 186 valence electrons. The number of hydrogen-bond acceptors (Lipinski definition) is 9. The summed E-state index contributed by atoms with van der Waals surface area (Å²) in [6, 6.07) is 13.9. The van der Waals surface area contributed by atoms with Gasteiger partial charge in [0.05, 0.1) is 24.3 Å². The van der Waals surface area contributed by atoms with Crippen molar-refractivity contribution in [3.8, 4) is 22.5 Å². The molecule has 0 spiro atoms. The minimum atomic E-state index is -0.981. The second kappa shape index (κ2) is 11.0. The van der Waals surface area contributed by atoms with Crippen molar-refractivity contribution in [2.24, 2.45) is 0 Å². The van der Waals surface area contributed by atoms with Crippen LogP contribution in [0.4, 0.5) is 11.8 Å². The maximum Gasteiger partial charge on any atom is 0.219 e. The lowest BCUT2D eigenvalue weighted by Gasteiger charge is -2.29. The number of aromatic nitrogens is 4. The van der Waals surface area contributed by atoms with E-state index in [-0.39, 0.29) is 31.6 Å². The molecule has 10 heteroatoms. The second-order valence-corrected chi connectivity index (χ2v) is 8.55. The third kappa shape index (κ3) is 5.46. The quantitative estimate of drug-likeness (QED) is 0.407. The number of aliphatic hydroxyl groups excluding tert-OH is 1. The van der Waals surface area contributed by atoms with Crippen molar-refractivity contribution >= 4 is 41.9 Å². The maximum absolute atomic E-state index is 12.0. The molecule has 0 bridgehead atoms. The number of nitrogens with two attached hydrogens (primary N) is 1. The molecule has 5 rings (SSSR count). The molecule has 1 fully saturated rings. The van der Waals surface area contributed by atoms with E-state index in [4.69, 9.17) is 20.4 Å². The Hall–Kier alpha value is -3.60. The Morgan fingerprint density at radius 2 is 1.78 bits per heavy atom. The number of aliphatic hydroxyl groups is 1. The first-order valence-corrected chi connectivity index (χ1v) is 11.5. The van der Waals surface area contributed by atoms with Gasteiger partial charge in [-0.2, -0.15) is 13.5 Å². The van der Waals surface area contributed by atoms with Gasteiger partial charge in [-0.1, -0.05) is 30.3 Å². The van der Waals surface area contributed by atoms with Crippen LogP contribution in [0.5, 0.6) is 0 Å². The van der Waals surface area contributed by atoms with Crippen LogP contribution < -0.4 is 10.6 Å². The predicted octanol–water partition coefficient (Wildman–Crippen LogP) is 2.78. The van der Waals surface area contributed by atoms with Gasteiger partial charge in [-0.3, -0.25) is 4.79 Å². The predicted molar refractivity (Wildman–Crippen MR) is 144 cm³/mol. The first-order valence-electron chi connectivity index (χ1n) is 11.5. The average Bonchev–Trinajstić information content (AvgIpc) is 2.88. The van der Waals surface area contributed by atoms with E-state index >= 15 is 0 Å². The zero-order chi connectivity index (χ0) is 24.4. The molecule has 0 radical (unpaired) electrons. The van der Waals surface area contributed by atoms with Gasteiger partial charge >= 0.3 is 0 Å². The Morgan fingerprint density at radius 1 is 1.06 bits per heavy atom. The van der Waals surface area contributed by atoms with Crippen LogP contribution in [0.1, 0.15) is 12.5 Å². The number of hydrogen-bond donors (Lipinski definition) is 2. The third-order valence-electron chi connectivity index (χ3n) is 6.02.